The standard InChI is InChI=1S/C25H23FN2O4S/c1-14-19(6-15-7-22(31-2)25(30)23(8-15)32-3)18-5-4-17(26)9-21(18)20(14)10-24(29)27-11-16-12-28-33-13-16/h4-9,12-13,30H,10-11H2,1-3H3,(H,27,29). The van der Waals surface area contributed by atoms with Gasteiger partial charge in [-0.05, 0) is 82.2 Å². The van der Waals surface area contributed by atoms with E-state index in [1.807, 2.05) is 18.4 Å². The first-order valence-electron chi connectivity index (χ1n) is 10.2. The third-order valence-corrected chi connectivity index (χ3v) is 6.21. The number of aromatic hydroxyl groups is 1. The highest BCUT2D eigenvalue weighted by atomic mass is 32.1. The van der Waals surface area contributed by atoms with Crippen LogP contribution in [0.2, 0.25) is 0 Å². The molecule has 3 aromatic rings. The maximum atomic E-state index is 14.1. The van der Waals surface area contributed by atoms with Crippen LogP contribution in [0.25, 0.3) is 17.2 Å². The zero-order chi connectivity index (χ0) is 23.5. The van der Waals surface area contributed by atoms with Crippen LogP contribution in [0.4, 0.5) is 4.39 Å². The smallest absolute Gasteiger partial charge is 0.224 e. The Morgan fingerprint density at radius 3 is 2.55 bits per heavy atom. The van der Waals surface area contributed by atoms with Crippen molar-refractivity contribution in [2.45, 2.75) is 19.9 Å². The number of hydrogen-bond donors (Lipinski definition) is 2. The summed E-state index contributed by atoms with van der Waals surface area (Å²) in [7, 11) is 2.93. The number of carbonyl (C=O) groups excluding carboxylic acids is 1. The molecule has 170 valence electrons. The van der Waals surface area contributed by atoms with E-state index in [9.17, 15) is 14.3 Å². The minimum Gasteiger partial charge on any atom is -0.502 e. The van der Waals surface area contributed by atoms with E-state index in [1.54, 1.807) is 24.4 Å². The molecule has 4 rings (SSSR count). The van der Waals surface area contributed by atoms with Gasteiger partial charge in [0.2, 0.25) is 11.7 Å². The Kier molecular flexibility index (Phi) is 6.46. The maximum Gasteiger partial charge on any atom is 0.224 e. The van der Waals surface area contributed by atoms with Crippen molar-refractivity contribution in [1.29, 1.82) is 0 Å². The third-order valence-electron chi connectivity index (χ3n) is 5.58. The van der Waals surface area contributed by atoms with Gasteiger partial charge in [-0.25, -0.2) is 8.76 Å². The molecule has 0 atom stereocenters. The summed E-state index contributed by atoms with van der Waals surface area (Å²) in [6.07, 6.45) is 3.76. The van der Waals surface area contributed by atoms with E-state index >= 15 is 0 Å². The molecular weight excluding hydrogens is 443 g/mol. The second kappa shape index (κ2) is 9.46. The highest BCUT2D eigenvalue weighted by Gasteiger charge is 2.26. The molecule has 1 heterocycles. The summed E-state index contributed by atoms with van der Waals surface area (Å²) in [5.41, 5.74) is 5.73. The van der Waals surface area contributed by atoms with Crippen LogP contribution in [0.15, 0.2) is 47.5 Å². The third kappa shape index (κ3) is 4.61. The minimum absolute atomic E-state index is 0.0820. The molecule has 0 radical (unpaired) electrons. The van der Waals surface area contributed by atoms with Gasteiger partial charge in [-0.3, -0.25) is 4.79 Å². The second-order valence-electron chi connectivity index (χ2n) is 7.61. The quantitative estimate of drug-likeness (QED) is 0.510. The predicted molar refractivity (Wildman–Crippen MR) is 127 cm³/mol. The number of amides is 1. The van der Waals surface area contributed by atoms with Crippen molar-refractivity contribution in [1.82, 2.24) is 9.69 Å². The first-order chi connectivity index (χ1) is 15.9. The molecule has 8 heteroatoms. The fourth-order valence-corrected chi connectivity index (χ4v) is 4.42. The molecule has 0 saturated heterocycles. The highest BCUT2D eigenvalue weighted by Crippen LogP contribution is 2.45. The number of methoxy groups -OCH3 is 2. The molecule has 0 fully saturated rings. The van der Waals surface area contributed by atoms with E-state index < -0.39 is 0 Å². The van der Waals surface area contributed by atoms with Crippen molar-refractivity contribution < 1.29 is 23.8 Å². The van der Waals surface area contributed by atoms with Crippen LogP contribution in [0.1, 0.15) is 35.6 Å². The molecule has 1 aliphatic carbocycles. The van der Waals surface area contributed by atoms with Crippen LogP contribution in [-0.4, -0.2) is 29.6 Å². The molecule has 2 N–H and O–H groups in total. The van der Waals surface area contributed by atoms with Crippen LogP contribution in [0.3, 0.4) is 0 Å². The minimum atomic E-state index is -0.363. The molecule has 2 aromatic carbocycles. The Morgan fingerprint density at radius 2 is 1.91 bits per heavy atom. The summed E-state index contributed by atoms with van der Waals surface area (Å²) in [5, 5.41) is 15.0. The molecule has 0 spiro atoms. The van der Waals surface area contributed by atoms with Crippen LogP contribution in [-0.2, 0) is 11.3 Å². The van der Waals surface area contributed by atoms with E-state index in [0.29, 0.717) is 12.1 Å². The average molecular weight is 467 g/mol. The van der Waals surface area contributed by atoms with Crippen LogP contribution in [0, 0.1) is 5.82 Å². The number of benzene rings is 2. The number of phenolic OH excluding ortho intramolecular Hbond substituents is 1. The predicted octanol–water partition coefficient (Wildman–Crippen LogP) is 5.04. The van der Waals surface area contributed by atoms with Gasteiger partial charge in [0.25, 0.3) is 0 Å². The number of allylic oxidation sites excluding steroid dienone is 2. The van der Waals surface area contributed by atoms with Crippen LogP contribution >= 0.6 is 11.5 Å². The summed E-state index contributed by atoms with van der Waals surface area (Å²) in [4.78, 5) is 12.7. The number of nitrogens with zero attached hydrogens (tertiary/aromatic N) is 1. The van der Waals surface area contributed by atoms with Gasteiger partial charge < -0.3 is 19.9 Å². The lowest BCUT2D eigenvalue weighted by Gasteiger charge is -2.11. The second-order valence-corrected chi connectivity index (χ2v) is 8.27. The largest absolute Gasteiger partial charge is 0.502 e. The van der Waals surface area contributed by atoms with E-state index in [4.69, 9.17) is 9.47 Å². The van der Waals surface area contributed by atoms with E-state index in [1.165, 1.54) is 37.9 Å². The normalized spacial score (nSPS) is 13.9. The maximum absolute atomic E-state index is 14.1. The van der Waals surface area contributed by atoms with Crippen LogP contribution in [0.5, 0.6) is 17.2 Å². The molecule has 0 aliphatic heterocycles. The van der Waals surface area contributed by atoms with Crippen LogP contribution < -0.4 is 14.8 Å². The molecule has 0 saturated carbocycles. The van der Waals surface area contributed by atoms with Crippen molar-refractivity contribution in [2.75, 3.05) is 14.2 Å². The van der Waals surface area contributed by atoms with Gasteiger partial charge >= 0.3 is 0 Å². The molecule has 1 amide bonds. The number of hydrogen-bond acceptors (Lipinski definition) is 6. The summed E-state index contributed by atoms with van der Waals surface area (Å²) in [6, 6.07) is 7.98. The summed E-state index contributed by atoms with van der Waals surface area (Å²) in [5.74, 6) is -0.0372. The summed E-state index contributed by atoms with van der Waals surface area (Å²) in [6.45, 7) is 2.32. The Balaban J connectivity index is 1.70. The Hall–Kier alpha value is -3.65. The first-order valence-corrected chi connectivity index (χ1v) is 11.1. The van der Waals surface area contributed by atoms with Crippen molar-refractivity contribution in [3.05, 3.63) is 75.6 Å². The molecule has 33 heavy (non-hydrogen) atoms. The van der Waals surface area contributed by atoms with Gasteiger partial charge in [0, 0.05) is 23.7 Å². The number of nitrogens with one attached hydrogen (secondary N) is 1. The van der Waals surface area contributed by atoms with Crippen molar-refractivity contribution in [2.24, 2.45) is 0 Å². The number of phenols is 1. The zero-order valence-electron chi connectivity index (χ0n) is 18.4. The highest BCUT2D eigenvalue weighted by molar-refractivity contribution is 7.03. The molecule has 0 unspecified atom stereocenters. The lowest BCUT2D eigenvalue weighted by Crippen LogP contribution is -2.22. The lowest BCUT2D eigenvalue weighted by molar-refractivity contribution is -0.120. The number of rotatable bonds is 7. The van der Waals surface area contributed by atoms with Crippen molar-refractivity contribution in [3.8, 4) is 17.2 Å². The number of halogens is 1. The average Bonchev–Trinajstić information content (AvgIpc) is 3.41. The summed E-state index contributed by atoms with van der Waals surface area (Å²) >= 11 is 1.33. The molecular formula is C25H23FN2O4S. The SMILES string of the molecule is COc1cc(C=C2C(C)=C(CC(=O)NCc3cnsc3)c3cc(F)ccc32)cc(OC)c1O. The zero-order valence-corrected chi connectivity index (χ0v) is 19.3. The Labute approximate surface area is 195 Å². The fraction of sp³-hybridized carbons (Fsp3) is 0.200. The Bertz CT molecular complexity index is 1240. The number of ether oxygens (including phenoxy) is 2. The van der Waals surface area contributed by atoms with Gasteiger partial charge in [-0.15, -0.1) is 0 Å². The number of fused-ring (bicyclic) bond motifs is 1. The van der Waals surface area contributed by atoms with Gasteiger partial charge in [0.15, 0.2) is 11.5 Å². The van der Waals surface area contributed by atoms with Gasteiger partial charge in [-0.2, -0.15) is 0 Å². The van der Waals surface area contributed by atoms with Crippen molar-refractivity contribution >= 4 is 34.7 Å². The molecule has 1 aliphatic rings. The molecule has 1 aromatic heterocycles. The first kappa shape index (κ1) is 22.5. The molecule has 6 nitrogen and oxygen atoms in total. The van der Waals surface area contributed by atoms with E-state index in [0.717, 1.165) is 33.4 Å². The molecule has 0 bridgehead atoms. The fourth-order valence-electron chi connectivity index (χ4n) is 3.88. The topological polar surface area (TPSA) is 80.7 Å². The lowest BCUT2D eigenvalue weighted by atomic mass is 10.00. The van der Waals surface area contributed by atoms with Gasteiger partial charge in [-0.1, -0.05) is 6.07 Å². The summed E-state index contributed by atoms with van der Waals surface area (Å²) < 4.78 is 28.7. The van der Waals surface area contributed by atoms with Gasteiger partial charge in [0.05, 0.1) is 20.6 Å². The van der Waals surface area contributed by atoms with Gasteiger partial charge in [0.1, 0.15) is 5.82 Å². The number of aromatic nitrogens is 1. The number of carbonyl (C=O) groups is 1. The van der Waals surface area contributed by atoms with Crippen molar-refractivity contribution in [3.63, 3.8) is 0 Å². The Morgan fingerprint density at radius 1 is 1.18 bits per heavy atom. The van der Waals surface area contributed by atoms with E-state index in [2.05, 4.69) is 9.69 Å². The monoisotopic (exact) mass is 466 g/mol. The van der Waals surface area contributed by atoms with E-state index in [-0.39, 0.29) is 35.4 Å².